The van der Waals surface area contributed by atoms with Crippen molar-refractivity contribution < 1.29 is 9.59 Å². The smallest absolute Gasteiger partial charge is 0.230 e. The molecular weight excluding hydrogens is 268 g/mol. The molecule has 2 heterocycles. The number of amides is 1. The van der Waals surface area contributed by atoms with E-state index in [4.69, 9.17) is 0 Å². The summed E-state index contributed by atoms with van der Waals surface area (Å²) in [6.45, 7) is 2.17. The van der Waals surface area contributed by atoms with Crippen molar-refractivity contribution >= 4 is 39.3 Å². The minimum absolute atomic E-state index is 0.0799. The third-order valence-corrected chi connectivity index (χ3v) is 5.40. The average molecular weight is 282 g/mol. The number of carbonyl (C=O) groups excluding carboxylic acids is 2. The Morgan fingerprint density at radius 1 is 1.50 bits per heavy atom. The number of rotatable bonds is 2. The Morgan fingerprint density at radius 2 is 2.33 bits per heavy atom. The monoisotopic (exact) mass is 282 g/mol. The van der Waals surface area contributed by atoms with Crippen LogP contribution >= 0.6 is 23.1 Å². The molecule has 4 nitrogen and oxygen atoms in total. The zero-order valence-electron chi connectivity index (χ0n) is 10.1. The lowest BCUT2D eigenvalue weighted by Crippen LogP contribution is -2.24. The van der Waals surface area contributed by atoms with E-state index in [-0.39, 0.29) is 16.3 Å². The molecule has 1 aliphatic carbocycles. The van der Waals surface area contributed by atoms with E-state index in [1.807, 2.05) is 0 Å². The van der Waals surface area contributed by atoms with Gasteiger partial charge >= 0.3 is 0 Å². The number of carbonyl (C=O) groups is 2. The standard InChI is InChI=1S/C12H14N2O2S2/c1-7(15)17-8-5-11(16)14(6-8)12-13-9-3-2-4-10(9)18-12/h8H,2-6H2,1H3. The molecule has 3 rings (SSSR count). The van der Waals surface area contributed by atoms with Gasteiger partial charge in [0.2, 0.25) is 5.91 Å². The molecule has 1 saturated heterocycles. The second kappa shape index (κ2) is 4.66. The quantitative estimate of drug-likeness (QED) is 0.832. The SMILES string of the molecule is CC(=O)SC1CC(=O)N(c2nc3c(s2)CCC3)C1. The number of fused-ring (bicyclic) bond motifs is 1. The number of hydrogen-bond acceptors (Lipinski definition) is 5. The van der Waals surface area contributed by atoms with Gasteiger partial charge in [0.05, 0.1) is 5.69 Å². The average Bonchev–Trinajstić information content (AvgIpc) is 2.90. The summed E-state index contributed by atoms with van der Waals surface area (Å²) < 4.78 is 0. The minimum atomic E-state index is 0.0799. The first-order chi connectivity index (χ1) is 8.63. The number of nitrogens with zero attached hydrogens (tertiary/aromatic N) is 2. The van der Waals surface area contributed by atoms with Crippen molar-refractivity contribution in [2.45, 2.75) is 37.9 Å². The second-order valence-corrected chi connectivity index (χ2v) is 7.20. The molecule has 0 N–H and O–H groups in total. The number of aryl methyl sites for hydroxylation is 2. The van der Waals surface area contributed by atoms with E-state index in [2.05, 4.69) is 4.98 Å². The fourth-order valence-electron chi connectivity index (χ4n) is 2.47. The van der Waals surface area contributed by atoms with Gasteiger partial charge in [0.25, 0.3) is 0 Å². The van der Waals surface area contributed by atoms with Gasteiger partial charge in [0.15, 0.2) is 10.2 Å². The van der Waals surface area contributed by atoms with Crippen molar-refractivity contribution in [3.8, 4) is 0 Å². The van der Waals surface area contributed by atoms with Crippen LogP contribution in [0.25, 0.3) is 0 Å². The molecule has 1 fully saturated rings. The van der Waals surface area contributed by atoms with Gasteiger partial charge in [-0.05, 0) is 19.3 Å². The van der Waals surface area contributed by atoms with Crippen molar-refractivity contribution in [3.05, 3.63) is 10.6 Å². The molecule has 0 aromatic carbocycles. The normalized spacial score (nSPS) is 22.6. The van der Waals surface area contributed by atoms with Crippen molar-refractivity contribution in [3.63, 3.8) is 0 Å². The van der Waals surface area contributed by atoms with Gasteiger partial charge in [-0.15, -0.1) is 11.3 Å². The molecule has 1 aliphatic heterocycles. The molecular formula is C12H14N2O2S2. The van der Waals surface area contributed by atoms with Gasteiger partial charge in [-0.25, -0.2) is 4.98 Å². The molecule has 1 atom stereocenters. The van der Waals surface area contributed by atoms with Crippen molar-refractivity contribution in [2.75, 3.05) is 11.4 Å². The predicted molar refractivity (Wildman–Crippen MR) is 73.2 cm³/mol. The fraction of sp³-hybridized carbons (Fsp3) is 0.583. The Hall–Kier alpha value is -0.880. The highest BCUT2D eigenvalue weighted by atomic mass is 32.2. The van der Waals surface area contributed by atoms with E-state index in [1.54, 1.807) is 23.2 Å². The Bertz CT molecular complexity index is 491. The molecule has 1 unspecified atom stereocenters. The number of thioether (sulfide) groups is 1. The Morgan fingerprint density at radius 3 is 3.06 bits per heavy atom. The zero-order chi connectivity index (χ0) is 12.7. The molecule has 1 aromatic rings. The summed E-state index contributed by atoms with van der Waals surface area (Å²) in [4.78, 5) is 30.7. The van der Waals surface area contributed by atoms with Crippen LogP contribution in [0, 0.1) is 0 Å². The first-order valence-electron chi connectivity index (χ1n) is 6.09. The van der Waals surface area contributed by atoms with Crippen LogP contribution in [0.3, 0.4) is 0 Å². The van der Waals surface area contributed by atoms with E-state index in [9.17, 15) is 9.59 Å². The summed E-state index contributed by atoms with van der Waals surface area (Å²) >= 11 is 2.91. The highest BCUT2D eigenvalue weighted by molar-refractivity contribution is 8.14. The predicted octanol–water partition coefficient (Wildman–Crippen LogP) is 2.02. The third-order valence-electron chi connectivity index (χ3n) is 3.24. The molecule has 0 saturated carbocycles. The number of aromatic nitrogens is 1. The Labute approximate surface area is 114 Å². The van der Waals surface area contributed by atoms with Crippen molar-refractivity contribution in [1.82, 2.24) is 4.98 Å². The first-order valence-corrected chi connectivity index (χ1v) is 7.79. The topological polar surface area (TPSA) is 50.3 Å². The zero-order valence-corrected chi connectivity index (χ0v) is 11.8. The van der Waals surface area contributed by atoms with Crippen molar-refractivity contribution in [2.24, 2.45) is 0 Å². The van der Waals surface area contributed by atoms with Gasteiger partial charge in [0, 0.05) is 30.0 Å². The maximum Gasteiger partial charge on any atom is 0.230 e. The fourth-order valence-corrected chi connectivity index (χ4v) is 4.56. The lowest BCUT2D eigenvalue weighted by atomic mass is 10.4. The van der Waals surface area contributed by atoms with Crippen LogP contribution in [0.1, 0.15) is 30.3 Å². The van der Waals surface area contributed by atoms with Crippen LogP contribution in [-0.2, 0) is 22.4 Å². The lowest BCUT2D eigenvalue weighted by Gasteiger charge is -2.12. The first kappa shape index (κ1) is 12.2. The summed E-state index contributed by atoms with van der Waals surface area (Å²) in [6, 6.07) is 0. The van der Waals surface area contributed by atoms with Gasteiger partial charge in [-0.2, -0.15) is 0 Å². The van der Waals surface area contributed by atoms with E-state index in [0.717, 1.165) is 18.0 Å². The molecule has 0 spiro atoms. The molecule has 1 aromatic heterocycles. The number of thiazole rings is 1. The van der Waals surface area contributed by atoms with E-state index >= 15 is 0 Å². The highest BCUT2D eigenvalue weighted by Gasteiger charge is 2.34. The van der Waals surface area contributed by atoms with Crippen LogP contribution in [0.15, 0.2) is 0 Å². The molecule has 6 heteroatoms. The number of hydrogen-bond donors (Lipinski definition) is 0. The Balaban J connectivity index is 1.76. The summed E-state index contributed by atoms with van der Waals surface area (Å²) in [5.74, 6) is 0.0983. The van der Waals surface area contributed by atoms with Crippen LogP contribution in [0.2, 0.25) is 0 Å². The van der Waals surface area contributed by atoms with Gasteiger partial charge in [-0.3, -0.25) is 14.5 Å². The molecule has 0 bridgehead atoms. The van der Waals surface area contributed by atoms with Crippen LogP contribution < -0.4 is 4.90 Å². The van der Waals surface area contributed by atoms with E-state index < -0.39 is 0 Å². The van der Waals surface area contributed by atoms with Crippen molar-refractivity contribution in [1.29, 1.82) is 0 Å². The summed E-state index contributed by atoms with van der Waals surface area (Å²) in [6.07, 6.45) is 3.78. The molecule has 18 heavy (non-hydrogen) atoms. The van der Waals surface area contributed by atoms with Gasteiger partial charge in [0.1, 0.15) is 0 Å². The maximum atomic E-state index is 12.0. The van der Waals surface area contributed by atoms with Gasteiger partial charge < -0.3 is 0 Å². The van der Waals surface area contributed by atoms with Crippen LogP contribution in [-0.4, -0.2) is 27.8 Å². The summed E-state index contributed by atoms with van der Waals surface area (Å²) in [7, 11) is 0. The lowest BCUT2D eigenvalue weighted by molar-refractivity contribution is -0.117. The maximum absolute atomic E-state index is 12.0. The summed E-state index contributed by atoms with van der Waals surface area (Å²) in [5.41, 5.74) is 1.17. The Kier molecular flexibility index (Phi) is 3.15. The summed E-state index contributed by atoms with van der Waals surface area (Å²) in [5, 5.41) is 1.00. The molecule has 2 aliphatic rings. The van der Waals surface area contributed by atoms with Gasteiger partial charge in [-0.1, -0.05) is 11.8 Å². The van der Waals surface area contributed by atoms with E-state index in [0.29, 0.717) is 13.0 Å². The third kappa shape index (κ3) is 2.19. The molecule has 0 radical (unpaired) electrons. The largest absolute Gasteiger partial charge is 0.288 e. The number of anilines is 1. The van der Waals surface area contributed by atoms with Crippen LogP contribution in [0.4, 0.5) is 5.13 Å². The molecule has 1 amide bonds. The molecule has 96 valence electrons. The van der Waals surface area contributed by atoms with E-state index in [1.165, 1.54) is 28.8 Å². The second-order valence-electron chi connectivity index (χ2n) is 4.66. The minimum Gasteiger partial charge on any atom is -0.288 e. The van der Waals surface area contributed by atoms with Crippen LogP contribution in [0.5, 0.6) is 0 Å². The highest BCUT2D eigenvalue weighted by Crippen LogP contribution is 2.36.